The number of anilines is 3. The Bertz CT molecular complexity index is 5350. The Hall–Kier alpha value is -9.58. The van der Waals surface area contributed by atoms with Crippen LogP contribution in [0, 0.1) is 5.82 Å². The number of para-hydroxylation sites is 3. The summed E-state index contributed by atoms with van der Waals surface area (Å²) in [5.74, 6) is 3.99. The fourth-order valence-corrected chi connectivity index (χ4v) is 18.4. The van der Waals surface area contributed by atoms with Gasteiger partial charge in [-0.15, -0.1) is 0 Å². The van der Waals surface area contributed by atoms with Gasteiger partial charge in [-0.3, -0.25) is 13.2 Å². The standard InChI is InChI=1S/C25H23FN6O2S.C23H28N6O2S.C22H26N6O2S/c26-18-5-7-19(8-6-18)35(33,34)31-12-9-16(10-13-31)25-30-22(23-24(27)28-11-14-32(23)25)21-15-17-3-1-2-4-20(17)29-21;1-2-3-14-32(30,31)28-11-8-16(9-12-28)23-27-20(21-22(24)25-10-13-29(21)23)19-15-17-6-4-5-7-18(17)26-19;1-14(2)31(29,30)27-10-7-15(8-11-27)22-26-19(20-21(23)24-9-12-28(20)22)18-13-16-5-3-4-6-17(16)25-18/h1-8,11,14-16,29H,9-10,12-13H2,(H2,27,28);4-7,10,13,15-16,26H,2-3,8-9,11-12,14H2,1H3,(H2,24,25);3-6,9,12-15,25H,7-8,10-11H2,1-2H3,(H2,23,24). The normalized spacial score (nSPS) is 16.2. The number of unbranched alkanes of at least 4 members (excludes halogenated alkanes) is 1. The lowest BCUT2D eigenvalue weighted by Crippen LogP contribution is -2.41. The zero-order valence-corrected chi connectivity index (χ0v) is 57.0. The molecule has 0 amide bonds. The topological polar surface area (TPSA) is 328 Å². The third-order valence-electron chi connectivity index (χ3n) is 19.2. The maximum Gasteiger partial charge on any atom is 0.243 e. The van der Waals surface area contributed by atoms with E-state index >= 15 is 0 Å². The van der Waals surface area contributed by atoms with Crippen LogP contribution < -0.4 is 17.2 Å². The minimum atomic E-state index is -3.68. The van der Waals surface area contributed by atoms with E-state index in [0.717, 1.165) is 133 Å². The Balaban J connectivity index is 0.000000126. The highest BCUT2D eigenvalue weighted by molar-refractivity contribution is 7.90. The number of sulfonamides is 3. The Morgan fingerprint density at radius 1 is 0.490 bits per heavy atom. The number of aromatic amines is 3. The fourth-order valence-electron chi connectivity index (χ4n) is 13.9. The van der Waals surface area contributed by atoms with E-state index in [4.69, 9.17) is 32.2 Å². The van der Waals surface area contributed by atoms with Crippen LogP contribution in [0.5, 0.6) is 0 Å². The molecule has 16 rings (SSSR count). The molecule has 3 aliphatic heterocycles. The van der Waals surface area contributed by atoms with Gasteiger partial charge in [0.25, 0.3) is 0 Å². The number of H-pyrrole nitrogens is 3. The van der Waals surface area contributed by atoms with Crippen LogP contribution in [0.4, 0.5) is 21.8 Å². The monoisotopic (exact) mass is 1380 g/mol. The predicted molar refractivity (Wildman–Crippen MR) is 381 cm³/mol. The second kappa shape index (κ2) is 26.7. The van der Waals surface area contributed by atoms with Gasteiger partial charge in [0.05, 0.1) is 33.0 Å². The first kappa shape index (κ1) is 65.7. The second-order valence-corrected chi connectivity index (χ2v) is 32.1. The molecule has 0 unspecified atom stereocenters. The van der Waals surface area contributed by atoms with Crippen LogP contribution in [0.25, 0.3) is 83.4 Å². The first-order valence-corrected chi connectivity index (χ1v) is 37.6. The average molecular weight is 1380 g/mol. The molecule has 13 aromatic rings. The van der Waals surface area contributed by atoms with Crippen molar-refractivity contribution in [2.24, 2.45) is 0 Å². The second-order valence-electron chi connectivity index (χ2n) is 25.6. The van der Waals surface area contributed by atoms with Gasteiger partial charge in [0.2, 0.25) is 30.1 Å². The van der Waals surface area contributed by atoms with Crippen LogP contribution in [-0.2, 0) is 30.1 Å². The van der Waals surface area contributed by atoms with Crippen molar-refractivity contribution in [2.75, 3.05) is 62.2 Å². The molecule has 3 aliphatic rings. The molecule has 0 saturated carbocycles. The highest BCUT2D eigenvalue weighted by Crippen LogP contribution is 2.40. The Labute approximate surface area is 566 Å². The number of piperidine rings is 3. The van der Waals surface area contributed by atoms with Gasteiger partial charge in [-0.1, -0.05) is 67.9 Å². The number of rotatable bonds is 14. The van der Waals surface area contributed by atoms with Crippen molar-refractivity contribution in [3.05, 3.63) is 176 Å². The lowest BCUT2D eigenvalue weighted by Gasteiger charge is -2.31. The lowest BCUT2D eigenvalue weighted by molar-refractivity contribution is 0.311. The van der Waals surface area contributed by atoms with Gasteiger partial charge >= 0.3 is 0 Å². The van der Waals surface area contributed by atoms with E-state index in [0.29, 0.717) is 76.0 Å². The minimum Gasteiger partial charge on any atom is -0.382 e. The summed E-state index contributed by atoms with van der Waals surface area (Å²) in [6.45, 7) is 8.21. The molecule has 4 aromatic carbocycles. The molecular weight excluding hydrogens is 1300 g/mol. The van der Waals surface area contributed by atoms with Gasteiger partial charge in [0.15, 0.2) is 0 Å². The number of aromatic nitrogens is 12. The van der Waals surface area contributed by atoms with Crippen LogP contribution >= 0.6 is 0 Å². The molecule has 12 heterocycles. The van der Waals surface area contributed by atoms with Crippen molar-refractivity contribution in [2.45, 2.75) is 100 Å². The zero-order chi connectivity index (χ0) is 68.2. The van der Waals surface area contributed by atoms with Gasteiger partial charge in [0.1, 0.15) is 74.4 Å². The lowest BCUT2D eigenvalue weighted by atomic mass is 9.97. The van der Waals surface area contributed by atoms with E-state index in [2.05, 4.69) is 54.2 Å². The molecule has 3 saturated heterocycles. The number of hydrogen-bond acceptors (Lipinski definition) is 15. The summed E-state index contributed by atoms with van der Waals surface area (Å²) in [5.41, 5.74) is 29.1. The summed E-state index contributed by atoms with van der Waals surface area (Å²) >= 11 is 0. The summed E-state index contributed by atoms with van der Waals surface area (Å²) in [4.78, 5) is 38.3. The smallest absolute Gasteiger partial charge is 0.243 e. The quantitative estimate of drug-likeness (QED) is 0.0589. The van der Waals surface area contributed by atoms with Crippen molar-refractivity contribution in [1.82, 2.24) is 71.0 Å². The van der Waals surface area contributed by atoms with Crippen LogP contribution in [0.2, 0.25) is 0 Å². The zero-order valence-electron chi connectivity index (χ0n) is 54.5. The maximum atomic E-state index is 13.3. The largest absolute Gasteiger partial charge is 0.382 e. The molecule has 0 bridgehead atoms. The molecular formula is C70H77FN18O6S3. The van der Waals surface area contributed by atoms with Crippen molar-refractivity contribution < 1.29 is 29.6 Å². The van der Waals surface area contributed by atoms with E-state index in [1.165, 1.54) is 28.6 Å². The van der Waals surface area contributed by atoms with E-state index in [1.807, 2.05) is 105 Å². The summed E-state index contributed by atoms with van der Waals surface area (Å²) in [5, 5.41) is 2.89. The van der Waals surface area contributed by atoms with Gasteiger partial charge in [0, 0.05) is 127 Å². The van der Waals surface area contributed by atoms with Gasteiger partial charge in [-0.05, 0) is 119 Å². The van der Waals surface area contributed by atoms with Crippen molar-refractivity contribution in [3.63, 3.8) is 0 Å². The Morgan fingerprint density at radius 3 is 1.18 bits per heavy atom. The van der Waals surface area contributed by atoms with Gasteiger partial charge in [-0.25, -0.2) is 68.2 Å². The molecule has 9 aromatic heterocycles. The van der Waals surface area contributed by atoms with Crippen LogP contribution in [-0.4, -0.2) is 146 Å². The number of halogens is 1. The van der Waals surface area contributed by atoms with E-state index < -0.39 is 41.1 Å². The molecule has 0 aliphatic carbocycles. The SMILES string of the molecule is CC(C)S(=O)(=O)N1CCC(c2nc(-c3cc4ccccc4[nH]3)c3c(N)nccn23)CC1.CCCCS(=O)(=O)N1CCC(c2nc(-c3cc4ccccc4[nH]3)c3c(N)nccn23)CC1.Nc1nccn2c(C3CCN(S(=O)(=O)c4ccc(F)cc4)CC3)nc(-c3cc4ccccc4[nH]3)c12. The molecule has 0 spiro atoms. The number of nitrogen functional groups attached to an aromatic ring is 3. The molecule has 24 nitrogen and oxygen atoms in total. The van der Waals surface area contributed by atoms with Gasteiger partial charge in [-0.2, -0.15) is 4.31 Å². The molecule has 0 atom stereocenters. The predicted octanol–water partition coefficient (Wildman–Crippen LogP) is 11.3. The highest BCUT2D eigenvalue weighted by atomic mass is 32.2. The molecule has 0 radical (unpaired) electrons. The third kappa shape index (κ3) is 12.5. The van der Waals surface area contributed by atoms with Crippen LogP contribution in [0.1, 0.15) is 107 Å². The number of nitrogens with one attached hydrogen (secondary N) is 3. The fraction of sp³-hybridized carbons (Fsp3) is 0.314. The first-order valence-electron chi connectivity index (χ1n) is 33.1. The van der Waals surface area contributed by atoms with Crippen molar-refractivity contribution in [1.29, 1.82) is 0 Å². The first-order chi connectivity index (χ1) is 47.2. The van der Waals surface area contributed by atoms with Crippen molar-refractivity contribution in [3.8, 4) is 34.2 Å². The van der Waals surface area contributed by atoms with Gasteiger partial charge < -0.3 is 32.2 Å². The third-order valence-corrected chi connectivity index (χ3v) is 25.3. The molecule has 9 N–H and O–H groups in total. The van der Waals surface area contributed by atoms with Crippen LogP contribution in [0.15, 0.2) is 157 Å². The Morgan fingerprint density at radius 2 is 0.837 bits per heavy atom. The highest BCUT2D eigenvalue weighted by Gasteiger charge is 2.36. The van der Waals surface area contributed by atoms with E-state index in [-0.39, 0.29) is 28.4 Å². The minimum absolute atomic E-state index is 0.0436. The molecule has 3 fully saturated rings. The summed E-state index contributed by atoms with van der Waals surface area (Å²) in [6.07, 6.45) is 16.3. The number of imidazole rings is 3. The summed E-state index contributed by atoms with van der Waals surface area (Å²) < 4.78 is 100. The molecule has 28 heteroatoms. The van der Waals surface area contributed by atoms with E-state index in [1.54, 1.807) is 41.0 Å². The van der Waals surface area contributed by atoms with E-state index in [9.17, 15) is 29.6 Å². The van der Waals surface area contributed by atoms with Crippen molar-refractivity contribution >= 4 is 96.8 Å². The van der Waals surface area contributed by atoms with Crippen LogP contribution in [0.3, 0.4) is 0 Å². The molecule has 508 valence electrons. The number of hydrogen-bond donors (Lipinski definition) is 6. The summed E-state index contributed by atoms with van der Waals surface area (Å²) in [7, 11) is -10.1. The Kier molecular flexibility index (Phi) is 17.9. The molecule has 98 heavy (non-hydrogen) atoms. The number of nitrogens with two attached hydrogens (primary N) is 3. The average Bonchev–Trinajstić information content (AvgIpc) is 1.64. The maximum absolute atomic E-state index is 13.3. The number of fused-ring (bicyclic) bond motifs is 6. The summed E-state index contributed by atoms with van der Waals surface area (Å²) in [6, 6.07) is 35.3. The number of benzene rings is 4. The number of nitrogens with zero attached hydrogens (tertiary/aromatic N) is 12.